The SMILES string of the molecule is CC.CC.O=C1CCC(N2Cc3c(OCc4ccc(CN5C(O)(O)C(O)(O)OC(O)(O)C5(O)O)cc4)cccc3C2=O)C(=O)N1. The number of hydrogen-bond donors (Lipinski definition) is 9. The normalized spacial score (nSPS) is 22.7. The first-order chi connectivity index (χ1) is 21.0. The maximum absolute atomic E-state index is 13.0. The molecule has 16 nitrogen and oxygen atoms in total. The van der Waals surface area contributed by atoms with Crippen LogP contribution in [0.25, 0.3) is 0 Å². The highest BCUT2D eigenvalue weighted by Crippen LogP contribution is 2.42. The largest absolute Gasteiger partial charge is 0.489 e. The number of nitrogens with one attached hydrogen (secondary N) is 1. The molecule has 2 aromatic carbocycles. The van der Waals surface area contributed by atoms with Gasteiger partial charge in [-0.15, -0.1) is 0 Å². The predicted molar refractivity (Wildman–Crippen MR) is 151 cm³/mol. The molecule has 0 aromatic heterocycles. The van der Waals surface area contributed by atoms with Gasteiger partial charge in [0.1, 0.15) is 18.4 Å². The van der Waals surface area contributed by atoms with Gasteiger partial charge >= 0.3 is 23.8 Å². The molecule has 1 unspecified atom stereocenters. The Morgan fingerprint density at radius 3 is 1.96 bits per heavy atom. The number of rotatable bonds is 6. The number of hydrogen-bond acceptors (Lipinski definition) is 14. The van der Waals surface area contributed by atoms with E-state index >= 15 is 0 Å². The molecule has 3 aliphatic rings. The molecule has 2 aromatic rings. The molecular formula is C29H39N3O13. The number of benzene rings is 2. The molecule has 0 aliphatic carbocycles. The first kappa shape index (κ1) is 35.9. The molecule has 0 saturated carbocycles. The van der Waals surface area contributed by atoms with Gasteiger partial charge in [0.25, 0.3) is 5.91 Å². The van der Waals surface area contributed by atoms with Crippen molar-refractivity contribution in [3.8, 4) is 5.75 Å². The lowest BCUT2D eigenvalue weighted by atomic mass is 10.0. The second kappa shape index (κ2) is 13.4. The molecule has 5 rings (SSSR count). The molecule has 248 valence electrons. The quantitative estimate of drug-likeness (QED) is 0.129. The average Bonchev–Trinajstić information content (AvgIpc) is 3.32. The van der Waals surface area contributed by atoms with Gasteiger partial charge in [0.2, 0.25) is 11.8 Å². The van der Waals surface area contributed by atoms with Crippen LogP contribution in [0.15, 0.2) is 42.5 Å². The predicted octanol–water partition coefficient (Wildman–Crippen LogP) is -1.54. The van der Waals surface area contributed by atoms with Crippen molar-refractivity contribution in [1.82, 2.24) is 15.1 Å². The Hall–Kier alpha value is -3.55. The fourth-order valence-electron chi connectivity index (χ4n) is 4.90. The van der Waals surface area contributed by atoms with Crippen molar-refractivity contribution < 1.29 is 64.7 Å². The van der Waals surface area contributed by atoms with Gasteiger partial charge in [0.15, 0.2) is 0 Å². The average molecular weight is 638 g/mol. The van der Waals surface area contributed by atoms with Gasteiger partial charge in [0, 0.05) is 24.1 Å². The van der Waals surface area contributed by atoms with Gasteiger partial charge in [-0.3, -0.25) is 24.4 Å². The third-order valence-corrected chi connectivity index (χ3v) is 7.21. The Morgan fingerprint density at radius 2 is 1.40 bits per heavy atom. The topological polar surface area (TPSA) is 250 Å². The molecule has 1 atom stereocenters. The van der Waals surface area contributed by atoms with Crippen LogP contribution < -0.4 is 10.1 Å². The molecule has 16 heteroatoms. The minimum Gasteiger partial charge on any atom is -0.489 e. The summed E-state index contributed by atoms with van der Waals surface area (Å²) in [7, 11) is 0. The summed E-state index contributed by atoms with van der Waals surface area (Å²) < 4.78 is 9.77. The van der Waals surface area contributed by atoms with Gasteiger partial charge in [0.05, 0.1) is 6.54 Å². The van der Waals surface area contributed by atoms with Gasteiger partial charge in [-0.1, -0.05) is 58.0 Å². The Balaban J connectivity index is 0.00000133. The summed E-state index contributed by atoms with van der Waals surface area (Å²) >= 11 is 0. The van der Waals surface area contributed by atoms with Crippen LogP contribution in [0, 0.1) is 0 Å². The number of fused-ring (bicyclic) bond motifs is 1. The van der Waals surface area contributed by atoms with E-state index in [-0.39, 0.29) is 48.3 Å². The molecular weight excluding hydrogens is 598 g/mol. The highest BCUT2D eigenvalue weighted by molar-refractivity contribution is 6.05. The molecule has 3 amide bonds. The second-order valence-electron chi connectivity index (χ2n) is 9.96. The third-order valence-electron chi connectivity index (χ3n) is 7.21. The molecule has 0 radical (unpaired) electrons. The van der Waals surface area contributed by atoms with Crippen LogP contribution in [0.3, 0.4) is 0 Å². The summed E-state index contributed by atoms with van der Waals surface area (Å²) in [6.45, 7) is 7.26. The van der Waals surface area contributed by atoms with E-state index in [1.54, 1.807) is 18.2 Å². The van der Waals surface area contributed by atoms with Crippen molar-refractivity contribution in [2.24, 2.45) is 0 Å². The smallest absolute Gasteiger partial charge is 0.356 e. The zero-order chi connectivity index (χ0) is 34.0. The summed E-state index contributed by atoms with van der Waals surface area (Å²) in [6, 6.07) is 9.92. The van der Waals surface area contributed by atoms with Crippen LogP contribution in [0.5, 0.6) is 5.75 Å². The van der Waals surface area contributed by atoms with Crippen molar-refractivity contribution in [3.05, 3.63) is 64.7 Å². The minimum atomic E-state index is -4.04. The highest BCUT2D eigenvalue weighted by Gasteiger charge is 2.74. The van der Waals surface area contributed by atoms with Crippen LogP contribution in [-0.4, -0.2) is 98.2 Å². The lowest BCUT2D eigenvalue weighted by Gasteiger charge is -2.55. The number of imide groups is 1. The number of aliphatic hydroxyl groups is 8. The molecule has 3 aliphatic heterocycles. The fourth-order valence-corrected chi connectivity index (χ4v) is 4.90. The Kier molecular flexibility index (Phi) is 10.7. The molecule has 2 saturated heterocycles. The molecule has 2 fully saturated rings. The standard InChI is InChI=1S/C25H27N3O13.2C2H6/c29-19-9-8-17(20(30)26-19)27-11-16-15(21(27)31)2-1-3-18(16)40-12-14-6-4-13(5-7-14)10-28-22(32,33)24(36,37)41-25(38,39)23(28,34)35;2*1-2/h1-7,17,32-39H,8-12H2,(H,26,29,30);2*1-2H3. The number of carbonyl (C=O) groups excluding carboxylic acids is 3. The van der Waals surface area contributed by atoms with Gasteiger partial charge in [-0.2, -0.15) is 4.90 Å². The van der Waals surface area contributed by atoms with Crippen molar-refractivity contribution in [3.63, 3.8) is 0 Å². The number of carbonyl (C=O) groups is 3. The van der Waals surface area contributed by atoms with E-state index in [1.165, 1.54) is 29.2 Å². The van der Waals surface area contributed by atoms with Crippen molar-refractivity contribution in [2.45, 2.75) is 90.0 Å². The number of ether oxygens (including phenoxy) is 2. The first-order valence-electron chi connectivity index (χ1n) is 14.3. The number of morpholine rings is 1. The zero-order valence-corrected chi connectivity index (χ0v) is 25.2. The molecule has 9 N–H and O–H groups in total. The third kappa shape index (κ3) is 6.70. The van der Waals surface area contributed by atoms with Crippen molar-refractivity contribution in [2.75, 3.05) is 0 Å². The van der Waals surface area contributed by atoms with Crippen LogP contribution >= 0.6 is 0 Å². The van der Waals surface area contributed by atoms with Gasteiger partial charge in [-0.05, 0) is 29.7 Å². The van der Waals surface area contributed by atoms with Crippen LogP contribution in [-0.2, 0) is 34.0 Å². The van der Waals surface area contributed by atoms with Gasteiger partial charge in [-0.25, -0.2) is 0 Å². The Morgan fingerprint density at radius 1 is 0.844 bits per heavy atom. The first-order valence-corrected chi connectivity index (χ1v) is 14.3. The summed E-state index contributed by atoms with van der Waals surface area (Å²) in [5.41, 5.74) is 1.65. The zero-order valence-electron chi connectivity index (χ0n) is 25.2. The lowest BCUT2D eigenvalue weighted by molar-refractivity contribution is -0.659. The minimum absolute atomic E-state index is 0.00154. The monoisotopic (exact) mass is 637 g/mol. The summed E-state index contributed by atoms with van der Waals surface area (Å²) in [6.07, 6.45) is 0.340. The van der Waals surface area contributed by atoms with Gasteiger partial charge < -0.3 is 50.5 Å². The van der Waals surface area contributed by atoms with E-state index in [0.717, 1.165) is 0 Å². The fraction of sp³-hybridized carbons (Fsp3) is 0.483. The molecule has 45 heavy (non-hydrogen) atoms. The molecule has 0 spiro atoms. The maximum Gasteiger partial charge on any atom is 0.356 e. The second-order valence-corrected chi connectivity index (χ2v) is 9.96. The van der Waals surface area contributed by atoms with Crippen LogP contribution in [0.2, 0.25) is 0 Å². The molecule has 3 heterocycles. The number of nitrogens with zero attached hydrogens (tertiary/aromatic N) is 2. The van der Waals surface area contributed by atoms with Crippen molar-refractivity contribution >= 4 is 17.7 Å². The van der Waals surface area contributed by atoms with E-state index in [1.807, 2.05) is 27.7 Å². The highest BCUT2D eigenvalue weighted by atomic mass is 16.9. The summed E-state index contributed by atoms with van der Waals surface area (Å²) in [5, 5.41) is 81.5. The Bertz CT molecular complexity index is 1370. The number of piperidine rings is 1. The van der Waals surface area contributed by atoms with E-state index < -0.39 is 42.3 Å². The van der Waals surface area contributed by atoms with E-state index in [0.29, 0.717) is 22.4 Å². The summed E-state index contributed by atoms with van der Waals surface area (Å²) in [4.78, 5) is 38.0. The molecule has 0 bridgehead atoms. The van der Waals surface area contributed by atoms with E-state index in [4.69, 9.17) is 4.74 Å². The van der Waals surface area contributed by atoms with E-state index in [9.17, 15) is 55.2 Å². The van der Waals surface area contributed by atoms with Crippen LogP contribution in [0.4, 0.5) is 0 Å². The maximum atomic E-state index is 13.0. The van der Waals surface area contributed by atoms with E-state index in [2.05, 4.69) is 10.1 Å². The van der Waals surface area contributed by atoms with Crippen molar-refractivity contribution in [1.29, 1.82) is 0 Å². The lowest BCUT2D eigenvalue weighted by Crippen LogP contribution is -2.83. The van der Waals surface area contributed by atoms with Crippen LogP contribution in [0.1, 0.15) is 67.6 Å². The number of amides is 3. The Labute approximate surface area is 258 Å². The summed E-state index contributed by atoms with van der Waals surface area (Å²) in [5.74, 6) is -16.8.